The number of aliphatic hydroxyl groups excluding tert-OH is 3. The molecule has 0 aliphatic carbocycles. The highest BCUT2D eigenvalue weighted by Crippen LogP contribution is 2.32. The van der Waals surface area contributed by atoms with Gasteiger partial charge in [0.25, 0.3) is 0 Å². The highest BCUT2D eigenvalue weighted by Gasteiger charge is 2.44. The zero-order chi connectivity index (χ0) is 15.9. The van der Waals surface area contributed by atoms with Gasteiger partial charge in [-0.3, -0.25) is 4.57 Å². The Balaban J connectivity index is 1.99. The summed E-state index contributed by atoms with van der Waals surface area (Å²) in [6, 6.07) is 0.178. The van der Waals surface area contributed by atoms with Crippen molar-refractivity contribution in [2.24, 2.45) is 0 Å². The van der Waals surface area contributed by atoms with Crippen LogP contribution < -0.4 is 5.32 Å². The number of fused-ring (bicyclic) bond motifs is 1. The average Bonchev–Trinajstić information content (AvgIpc) is 3.02. The largest absolute Gasteiger partial charge is 0.394 e. The van der Waals surface area contributed by atoms with Crippen LogP contribution >= 0.6 is 0 Å². The lowest BCUT2D eigenvalue weighted by Crippen LogP contribution is -2.33. The molecule has 120 valence electrons. The molecule has 2 aromatic rings. The molecule has 9 nitrogen and oxygen atoms in total. The molecule has 0 radical (unpaired) electrons. The maximum Gasteiger partial charge on any atom is 0.167 e. The molecule has 3 heterocycles. The zero-order valence-electron chi connectivity index (χ0n) is 12.3. The van der Waals surface area contributed by atoms with Gasteiger partial charge in [-0.05, 0) is 13.8 Å². The molecule has 0 aromatic carbocycles. The van der Waals surface area contributed by atoms with E-state index in [1.165, 1.54) is 17.2 Å². The van der Waals surface area contributed by atoms with E-state index >= 15 is 0 Å². The lowest BCUT2D eigenvalue weighted by molar-refractivity contribution is -0.0511. The third-order valence-corrected chi connectivity index (χ3v) is 3.58. The fourth-order valence-corrected chi connectivity index (χ4v) is 2.53. The number of nitrogens with zero attached hydrogens (tertiary/aromatic N) is 4. The van der Waals surface area contributed by atoms with Crippen molar-refractivity contribution in [1.29, 1.82) is 0 Å². The molecule has 0 bridgehead atoms. The van der Waals surface area contributed by atoms with Gasteiger partial charge in [-0.15, -0.1) is 0 Å². The van der Waals surface area contributed by atoms with Crippen molar-refractivity contribution in [1.82, 2.24) is 19.5 Å². The molecule has 9 heteroatoms. The van der Waals surface area contributed by atoms with Gasteiger partial charge in [0.15, 0.2) is 23.2 Å². The fraction of sp³-hybridized carbons (Fsp3) is 0.615. The standard InChI is InChI=1S/C13H19N5O4/c1-6(2)17-11-8-12(15-4-14-11)18(5-16-8)13-10(21)9(20)7(3-19)22-13/h4-7,9-10,13,19-21H,3H2,1-2H3,(H,14,15,17)/t7-,9-,10+,13-/m1/s1. The van der Waals surface area contributed by atoms with Crippen LogP contribution in [0.25, 0.3) is 11.2 Å². The van der Waals surface area contributed by atoms with Crippen LogP contribution in [0.15, 0.2) is 12.7 Å². The molecule has 0 unspecified atom stereocenters. The Morgan fingerprint density at radius 2 is 2.05 bits per heavy atom. The first-order chi connectivity index (χ1) is 10.5. The predicted octanol–water partition coefficient (Wildman–Crippen LogP) is -0.742. The van der Waals surface area contributed by atoms with E-state index in [0.29, 0.717) is 17.0 Å². The Kier molecular flexibility index (Phi) is 3.96. The van der Waals surface area contributed by atoms with Crippen molar-refractivity contribution in [3.63, 3.8) is 0 Å². The molecule has 2 aromatic heterocycles. The second-order valence-corrected chi connectivity index (χ2v) is 5.57. The number of hydrogen-bond donors (Lipinski definition) is 4. The number of imidazole rings is 1. The molecule has 0 saturated carbocycles. The van der Waals surface area contributed by atoms with Crippen molar-refractivity contribution in [2.45, 2.75) is 44.4 Å². The molecular weight excluding hydrogens is 290 g/mol. The number of hydrogen-bond acceptors (Lipinski definition) is 8. The maximum atomic E-state index is 10.1. The normalized spacial score (nSPS) is 28.6. The van der Waals surface area contributed by atoms with Gasteiger partial charge in [-0.2, -0.15) is 0 Å². The minimum Gasteiger partial charge on any atom is -0.394 e. The Bertz CT molecular complexity index is 661. The molecule has 3 rings (SSSR count). The van der Waals surface area contributed by atoms with E-state index in [9.17, 15) is 10.2 Å². The summed E-state index contributed by atoms with van der Waals surface area (Å²) in [5.41, 5.74) is 1.03. The number of ether oxygens (including phenoxy) is 1. The van der Waals surface area contributed by atoms with Crippen molar-refractivity contribution in [3.8, 4) is 0 Å². The van der Waals surface area contributed by atoms with Crippen molar-refractivity contribution >= 4 is 17.0 Å². The fourth-order valence-electron chi connectivity index (χ4n) is 2.53. The van der Waals surface area contributed by atoms with Crippen LogP contribution in [0.3, 0.4) is 0 Å². The van der Waals surface area contributed by atoms with E-state index in [4.69, 9.17) is 9.84 Å². The molecule has 4 atom stereocenters. The average molecular weight is 309 g/mol. The second kappa shape index (κ2) is 5.76. The predicted molar refractivity (Wildman–Crippen MR) is 77.1 cm³/mol. The summed E-state index contributed by atoms with van der Waals surface area (Å²) in [5, 5.41) is 32.3. The third kappa shape index (κ3) is 2.41. The van der Waals surface area contributed by atoms with Crippen LogP contribution in [0, 0.1) is 0 Å². The van der Waals surface area contributed by atoms with Crippen molar-refractivity contribution in [3.05, 3.63) is 12.7 Å². The van der Waals surface area contributed by atoms with Gasteiger partial charge in [0, 0.05) is 6.04 Å². The Morgan fingerprint density at radius 1 is 1.27 bits per heavy atom. The van der Waals surface area contributed by atoms with Crippen LogP contribution in [0.5, 0.6) is 0 Å². The van der Waals surface area contributed by atoms with Crippen LogP contribution in [0.2, 0.25) is 0 Å². The van der Waals surface area contributed by atoms with Crippen LogP contribution in [-0.2, 0) is 4.74 Å². The monoisotopic (exact) mass is 309 g/mol. The quantitative estimate of drug-likeness (QED) is 0.582. The summed E-state index contributed by atoms with van der Waals surface area (Å²) < 4.78 is 7.03. The molecule has 1 fully saturated rings. The van der Waals surface area contributed by atoms with Crippen molar-refractivity contribution < 1.29 is 20.1 Å². The van der Waals surface area contributed by atoms with E-state index in [1.54, 1.807) is 0 Å². The first kappa shape index (κ1) is 15.1. The van der Waals surface area contributed by atoms with Crippen LogP contribution in [-0.4, -0.2) is 65.8 Å². The van der Waals surface area contributed by atoms with E-state index in [2.05, 4.69) is 20.3 Å². The molecule has 1 aliphatic heterocycles. The molecular formula is C13H19N5O4. The minimum absolute atomic E-state index is 0.178. The number of nitrogens with one attached hydrogen (secondary N) is 1. The van der Waals surface area contributed by atoms with E-state index in [0.717, 1.165) is 0 Å². The van der Waals surface area contributed by atoms with Gasteiger partial charge in [0.05, 0.1) is 12.9 Å². The Labute approximate surface area is 126 Å². The van der Waals surface area contributed by atoms with Crippen LogP contribution in [0.4, 0.5) is 5.82 Å². The number of aromatic nitrogens is 4. The smallest absolute Gasteiger partial charge is 0.167 e. The molecule has 0 amide bonds. The lowest BCUT2D eigenvalue weighted by Gasteiger charge is -2.16. The molecule has 0 spiro atoms. The number of rotatable bonds is 4. The van der Waals surface area contributed by atoms with Gasteiger partial charge in [-0.25, -0.2) is 15.0 Å². The SMILES string of the molecule is CC(C)Nc1ncnc2c1ncn2[C@@H]1O[C@H](CO)[C@@H](O)[C@@H]1O. The van der Waals surface area contributed by atoms with Gasteiger partial charge in [0.2, 0.25) is 0 Å². The summed E-state index contributed by atoms with van der Waals surface area (Å²) in [6.07, 6.45) is -1.17. The molecule has 22 heavy (non-hydrogen) atoms. The van der Waals surface area contributed by atoms with E-state index in [-0.39, 0.29) is 12.6 Å². The maximum absolute atomic E-state index is 10.1. The summed E-state index contributed by atoms with van der Waals surface area (Å²) in [6.45, 7) is 3.59. The Hall–Kier alpha value is -1.81. The highest BCUT2D eigenvalue weighted by atomic mass is 16.6. The zero-order valence-corrected chi connectivity index (χ0v) is 12.3. The summed E-state index contributed by atoms with van der Waals surface area (Å²) >= 11 is 0. The van der Waals surface area contributed by atoms with Crippen molar-refractivity contribution in [2.75, 3.05) is 11.9 Å². The van der Waals surface area contributed by atoms with Gasteiger partial charge >= 0.3 is 0 Å². The van der Waals surface area contributed by atoms with E-state index in [1.807, 2.05) is 13.8 Å². The minimum atomic E-state index is -1.17. The summed E-state index contributed by atoms with van der Waals surface area (Å²) in [5.74, 6) is 0.588. The summed E-state index contributed by atoms with van der Waals surface area (Å²) in [7, 11) is 0. The topological polar surface area (TPSA) is 126 Å². The van der Waals surface area contributed by atoms with Crippen LogP contribution in [0.1, 0.15) is 20.1 Å². The first-order valence-electron chi connectivity index (χ1n) is 7.09. The molecule has 1 saturated heterocycles. The molecule has 4 N–H and O–H groups in total. The van der Waals surface area contributed by atoms with Gasteiger partial charge in [-0.1, -0.05) is 0 Å². The second-order valence-electron chi connectivity index (χ2n) is 5.57. The lowest BCUT2D eigenvalue weighted by atomic mass is 10.1. The van der Waals surface area contributed by atoms with E-state index < -0.39 is 24.5 Å². The number of anilines is 1. The third-order valence-electron chi connectivity index (χ3n) is 3.58. The highest BCUT2D eigenvalue weighted by molar-refractivity contribution is 5.82. The van der Waals surface area contributed by atoms with Gasteiger partial charge < -0.3 is 25.4 Å². The summed E-state index contributed by atoms with van der Waals surface area (Å²) in [4.78, 5) is 12.6. The van der Waals surface area contributed by atoms with Gasteiger partial charge in [0.1, 0.15) is 24.6 Å². The Morgan fingerprint density at radius 3 is 2.68 bits per heavy atom. The first-order valence-corrected chi connectivity index (χ1v) is 7.09. The molecule has 1 aliphatic rings. The number of aliphatic hydroxyl groups is 3.